The number of anilines is 2. The van der Waals surface area contributed by atoms with Gasteiger partial charge in [0.25, 0.3) is 0 Å². The van der Waals surface area contributed by atoms with Crippen LogP contribution in [0.4, 0.5) is 17.3 Å². The first-order chi connectivity index (χ1) is 9.08. The van der Waals surface area contributed by atoms with Crippen LogP contribution >= 0.6 is 0 Å². The Bertz CT molecular complexity index is 464. The Hall–Kier alpha value is -2.38. The van der Waals surface area contributed by atoms with Gasteiger partial charge < -0.3 is 16.0 Å². The number of carbonyl (C=O) groups is 1. The zero-order valence-electron chi connectivity index (χ0n) is 10.9. The van der Waals surface area contributed by atoms with Crippen LogP contribution < -0.4 is 16.0 Å². The highest BCUT2D eigenvalue weighted by atomic mass is 16.6. The molecule has 0 aliphatic carbocycles. The van der Waals surface area contributed by atoms with E-state index < -0.39 is 4.92 Å². The van der Waals surface area contributed by atoms with E-state index >= 15 is 0 Å². The Morgan fingerprint density at radius 2 is 2.16 bits per heavy atom. The van der Waals surface area contributed by atoms with E-state index in [0.29, 0.717) is 12.4 Å². The van der Waals surface area contributed by atoms with Gasteiger partial charge in [-0.25, -0.2) is 4.98 Å². The average Bonchev–Trinajstić information content (AvgIpc) is 2.38. The number of rotatable bonds is 7. The number of carbonyl (C=O) groups excluding carboxylic acids is 1. The molecule has 1 heterocycles. The summed E-state index contributed by atoms with van der Waals surface area (Å²) in [6.45, 7) is 2.85. The Morgan fingerprint density at radius 1 is 1.42 bits per heavy atom. The van der Waals surface area contributed by atoms with Gasteiger partial charge in [0.1, 0.15) is 5.82 Å². The molecule has 1 amide bonds. The second-order valence-electron chi connectivity index (χ2n) is 3.70. The summed E-state index contributed by atoms with van der Waals surface area (Å²) in [5.74, 6) is 0.570. The van der Waals surface area contributed by atoms with Crippen LogP contribution in [0.25, 0.3) is 0 Å². The van der Waals surface area contributed by atoms with Crippen molar-refractivity contribution in [3.8, 4) is 0 Å². The number of nitrogens with one attached hydrogen (secondary N) is 3. The van der Waals surface area contributed by atoms with Crippen LogP contribution in [-0.4, -0.2) is 36.0 Å². The number of pyridine rings is 1. The molecule has 0 unspecified atom stereocenters. The Balaban J connectivity index is 2.79. The highest BCUT2D eigenvalue weighted by molar-refractivity contribution is 5.76. The Morgan fingerprint density at radius 3 is 2.74 bits per heavy atom. The van der Waals surface area contributed by atoms with E-state index in [1.165, 1.54) is 13.1 Å². The van der Waals surface area contributed by atoms with E-state index in [0.717, 1.165) is 0 Å². The third-order valence-electron chi connectivity index (χ3n) is 2.35. The molecular weight excluding hydrogens is 250 g/mol. The fraction of sp³-hybridized carbons (Fsp3) is 0.455. The van der Waals surface area contributed by atoms with Crippen molar-refractivity contribution in [1.82, 2.24) is 10.3 Å². The van der Waals surface area contributed by atoms with Crippen LogP contribution in [0, 0.1) is 10.1 Å². The quantitative estimate of drug-likeness (QED) is 0.501. The van der Waals surface area contributed by atoms with Gasteiger partial charge in [-0.2, -0.15) is 0 Å². The molecule has 0 saturated carbocycles. The molecule has 8 heteroatoms. The summed E-state index contributed by atoms with van der Waals surface area (Å²) in [6, 6.07) is 2.93. The third-order valence-corrected chi connectivity index (χ3v) is 2.35. The highest BCUT2D eigenvalue weighted by Crippen LogP contribution is 2.23. The summed E-state index contributed by atoms with van der Waals surface area (Å²) in [5.41, 5.74) is -0.112. The second-order valence-corrected chi connectivity index (χ2v) is 3.70. The van der Waals surface area contributed by atoms with Gasteiger partial charge in [0, 0.05) is 32.6 Å². The smallest absolute Gasteiger partial charge is 0.311 e. The van der Waals surface area contributed by atoms with Crippen LogP contribution in [0.1, 0.15) is 13.3 Å². The number of hydrogen-bond acceptors (Lipinski definition) is 6. The zero-order chi connectivity index (χ0) is 14.3. The molecule has 0 atom stereocenters. The molecule has 1 aromatic heterocycles. The maximum Gasteiger partial charge on any atom is 0.311 e. The lowest BCUT2D eigenvalue weighted by atomic mass is 10.3. The second kappa shape index (κ2) is 7.14. The summed E-state index contributed by atoms with van der Waals surface area (Å²) in [6.07, 6.45) is 0.223. The number of amides is 1. The first kappa shape index (κ1) is 14.7. The van der Waals surface area contributed by atoms with Crippen molar-refractivity contribution >= 4 is 23.2 Å². The van der Waals surface area contributed by atoms with Gasteiger partial charge in [-0.05, 0) is 13.0 Å². The fourth-order valence-electron chi connectivity index (χ4n) is 1.43. The molecule has 0 aliphatic rings. The summed E-state index contributed by atoms with van der Waals surface area (Å²) in [5, 5.41) is 19.1. The SMILES string of the molecule is CCNc1ccc([N+](=O)[O-])c(NCCC(=O)NC)n1. The third kappa shape index (κ3) is 4.41. The monoisotopic (exact) mass is 267 g/mol. The number of hydrogen-bond donors (Lipinski definition) is 3. The fourth-order valence-corrected chi connectivity index (χ4v) is 1.43. The van der Waals surface area contributed by atoms with E-state index in [1.807, 2.05) is 6.92 Å². The molecule has 104 valence electrons. The molecule has 3 N–H and O–H groups in total. The maximum atomic E-state index is 11.1. The summed E-state index contributed by atoms with van der Waals surface area (Å²) >= 11 is 0. The predicted molar refractivity (Wildman–Crippen MR) is 72.2 cm³/mol. The van der Waals surface area contributed by atoms with Crippen molar-refractivity contribution in [3.63, 3.8) is 0 Å². The lowest BCUT2D eigenvalue weighted by Gasteiger charge is -2.08. The van der Waals surface area contributed by atoms with E-state index in [2.05, 4.69) is 20.9 Å². The Labute approximate surface area is 110 Å². The first-order valence-electron chi connectivity index (χ1n) is 5.92. The molecule has 0 bridgehead atoms. The molecule has 19 heavy (non-hydrogen) atoms. The molecule has 1 aromatic rings. The lowest BCUT2D eigenvalue weighted by Crippen LogP contribution is -2.21. The van der Waals surface area contributed by atoms with Gasteiger partial charge in [0.15, 0.2) is 0 Å². The number of aromatic nitrogens is 1. The molecule has 0 aliphatic heterocycles. The minimum atomic E-state index is -0.509. The number of nitro groups is 1. The molecule has 0 aromatic carbocycles. The van der Waals surface area contributed by atoms with Crippen LogP contribution in [0.5, 0.6) is 0 Å². The van der Waals surface area contributed by atoms with E-state index in [4.69, 9.17) is 0 Å². The normalized spacial score (nSPS) is 9.79. The van der Waals surface area contributed by atoms with Crippen LogP contribution in [-0.2, 0) is 4.79 Å². The van der Waals surface area contributed by atoms with Gasteiger partial charge in [-0.1, -0.05) is 0 Å². The molecule has 0 radical (unpaired) electrons. The lowest BCUT2D eigenvalue weighted by molar-refractivity contribution is -0.384. The standard InChI is InChI=1S/C11H17N5O3/c1-3-13-9-5-4-8(16(18)19)11(15-9)14-7-6-10(17)12-2/h4-5H,3,6-7H2,1-2H3,(H,12,17)(H2,13,14,15). The zero-order valence-corrected chi connectivity index (χ0v) is 10.9. The van der Waals surface area contributed by atoms with Crippen molar-refractivity contribution in [1.29, 1.82) is 0 Å². The summed E-state index contributed by atoms with van der Waals surface area (Å²) in [4.78, 5) is 25.5. The summed E-state index contributed by atoms with van der Waals surface area (Å²) in [7, 11) is 1.54. The Kier molecular flexibility index (Phi) is 5.52. The van der Waals surface area contributed by atoms with Crippen molar-refractivity contribution in [2.24, 2.45) is 0 Å². The molecule has 1 rings (SSSR count). The summed E-state index contributed by atoms with van der Waals surface area (Å²) < 4.78 is 0. The predicted octanol–water partition coefficient (Wildman–Crippen LogP) is 0.970. The van der Waals surface area contributed by atoms with E-state index in [9.17, 15) is 14.9 Å². The number of nitrogens with zero attached hydrogens (tertiary/aromatic N) is 2. The van der Waals surface area contributed by atoms with Crippen LogP contribution in [0.3, 0.4) is 0 Å². The van der Waals surface area contributed by atoms with Crippen LogP contribution in [0.15, 0.2) is 12.1 Å². The van der Waals surface area contributed by atoms with Gasteiger partial charge in [-0.15, -0.1) is 0 Å². The van der Waals surface area contributed by atoms with Crippen molar-refractivity contribution in [3.05, 3.63) is 22.2 Å². The maximum absolute atomic E-state index is 11.1. The first-order valence-corrected chi connectivity index (χ1v) is 5.92. The minimum absolute atomic E-state index is 0.112. The minimum Gasteiger partial charge on any atom is -0.370 e. The molecular formula is C11H17N5O3. The van der Waals surface area contributed by atoms with Crippen molar-refractivity contribution in [2.45, 2.75) is 13.3 Å². The van der Waals surface area contributed by atoms with E-state index in [1.54, 1.807) is 6.07 Å². The molecule has 0 saturated heterocycles. The van der Waals surface area contributed by atoms with Gasteiger partial charge in [0.05, 0.1) is 4.92 Å². The van der Waals surface area contributed by atoms with Crippen molar-refractivity contribution < 1.29 is 9.72 Å². The topological polar surface area (TPSA) is 109 Å². The van der Waals surface area contributed by atoms with Crippen LogP contribution in [0.2, 0.25) is 0 Å². The van der Waals surface area contributed by atoms with Crippen molar-refractivity contribution in [2.75, 3.05) is 30.8 Å². The molecule has 0 spiro atoms. The highest BCUT2D eigenvalue weighted by Gasteiger charge is 2.15. The van der Waals surface area contributed by atoms with E-state index in [-0.39, 0.29) is 30.4 Å². The molecule has 8 nitrogen and oxygen atoms in total. The van der Waals surface area contributed by atoms with Gasteiger partial charge in [-0.3, -0.25) is 14.9 Å². The molecule has 0 fully saturated rings. The van der Waals surface area contributed by atoms with Gasteiger partial charge >= 0.3 is 5.69 Å². The van der Waals surface area contributed by atoms with Gasteiger partial charge in [0.2, 0.25) is 11.7 Å². The largest absolute Gasteiger partial charge is 0.370 e. The average molecular weight is 267 g/mol.